The fraction of sp³-hybridized carbons (Fsp3) is 0.857. The third-order valence-electron chi connectivity index (χ3n) is 2.59. The van der Waals surface area contributed by atoms with Gasteiger partial charge >= 0.3 is 12.1 Å². The monoisotopic (exact) mass is 288 g/mol. The van der Waals surface area contributed by atoms with Gasteiger partial charge in [0, 0.05) is 19.9 Å². The maximum absolute atomic E-state index is 11.4. The second-order valence-corrected chi connectivity index (χ2v) is 4.55. The van der Waals surface area contributed by atoms with Crippen molar-refractivity contribution < 1.29 is 19.1 Å². The summed E-state index contributed by atoms with van der Waals surface area (Å²) in [5.41, 5.74) is 0. The lowest BCUT2D eigenvalue weighted by Crippen LogP contribution is -2.30. The average molecular weight is 288 g/mol. The van der Waals surface area contributed by atoms with Gasteiger partial charge in [-0.15, -0.1) is 0 Å². The molecule has 0 heterocycles. The van der Waals surface area contributed by atoms with Gasteiger partial charge in [-0.2, -0.15) is 0 Å². The predicted molar refractivity (Wildman–Crippen MR) is 77.3 cm³/mol. The quantitative estimate of drug-likeness (QED) is 0.346. The van der Waals surface area contributed by atoms with E-state index in [-0.39, 0.29) is 12.4 Å². The molecule has 6 heteroatoms. The molecule has 0 aromatic heterocycles. The number of carbonyl (C=O) groups excluding carboxylic acids is 2. The highest BCUT2D eigenvalue weighted by atomic mass is 16.7. The Morgan fingerprint density at radius 1 is 1.00 bits per heavy atom. The van der Waals surface area contributed by atoms with E-state index in [1.54, 1.807) is 6.92 Å². The third kappa shape index (κ3) is 11.8. The summed E-state index contributed by atoms with van der Waals surface area (Å²) in [6.07, 6.45) is 3.08. The minimum atomic E-state index is -0.847. The number of carbonyl (C=O) groups is 2. The standard InChI is InChI=1S/C14H28N2O4/c1-4-9-15-10-7-6-8-11-16-14(18)20-12(3)19-13(17)5-2/h12,15H,4-11H2,1-3H3,(H,16,18)/t12-/m1/s1. The van der Waals surface area contributed by atoms with Gasteiger partial charge in [0.05, 0.1) is 0 Å². The zero-order valence-electron chi connectivity index (χ0n) is 12.9. The van der Waals surface area contributed by atoms with Crippen molar-refractivity contribution in [1.29, 1.82) is 0 Å². The Morgan fingerprint density at radius 2 is 1.70 bits per heavy atom. The van der Waals surface area contributed by atoms with E-state index in [0.717, 1.165) is 38.8 Å². The largest absolute Gasteiger partial charge is 0.425 e. The van der Waals surface area contributed by atoms with E-state index >= 15 is 0 Å². The molecule has 2 N–H and O–H groups in total. The van der Waals surface area contributed by atoms with Crippen LogP contribution in [0.3, 0.4) is 0 Å². The molecule has 0 radical (unpaired) electrons. The van der Waals surface area contributed by atoms with Gasteiger partial charge in [0.2, 0.25) is 6.29 Å². The molecular weight excluding hydrogens is 260 g/mol. The molecule has 0 saturated carbocycles. The molecule has 0 aromatic rings. The summed E-state index contributed by atoms with van der Waals surface area (Å²) >= 11 is 0. The number of ether oxygens (including phenoxy) is 2. The van der Waals surface area contributed by atoms with E-state index < -0.39 is 12.4 Å². The molecule has 1 amide bonds. The highest BCUT2D eigenvalue weighted by Gasteiger charge is 2.11. The first-order valence-electron chi connectivity index (χ1n) is 7.44. The third-order valence-corrected chi connectivity index (χ3v) is 2.59. The molecule has 0 rings (SSSR count). The number of hydrogen-bond donors (Lipinski definition) is 2. The fourth-order valence-corrected chi connectivity index (χ4v) is 1.53. The molecule has 0 spiro atoms. The van der Waals surface area contributed by atoms with Crippen LogP contribution in [0.15, 0.2) is 0 Å². The number of unbranched alkanes of at least 4 members (excludes halogenated alkanes) is 2. The van der Waals surface area contributed by atoms with Crippen LogP contribution in [0.25, 0.3) is 0 Å². The van der Waals surface area contributed by atoms with Crippen LogP contribution in [0.4, 0.5) is 4.79 Å². The Morgan fingerprint density at radius 3 is 2.35 bits per heavy atom. The van der Waals surface area contributed by atoms with Crippen molar-refractivity contribution in [2.24, 2.45) is 0 Å². The Labute approximate surface area is 121 Å². The average Bonchev–Trinajstić information content (AvgIpc) is 2.41. The summed E-state index contributed by atoms with van der Waals surface area (Å²) in [5, 5.41) is 5.96. The smallest absolute Gasteiger partial charge is 0.410 e. The van der Waals surface area contributed by atoms with Crippen molar-refractivity contribution in [3.63, 3.8) is 0 Å². The second kappa shape index (κ2) is 12.7. The molecule has 0 saturated heterocycles. The van der Waals surface area contributed by atoms with Crippen LogP contribution in [-0.2, 0) is 14.3 Å². The van der Waals surface area contributed by atoms with Crippen LogP contribution in [-0.4, -0.2) is 38.0 Å². The molecule has 0 bridgehead atoms. The summed E-state index contributed by atoms with van der Waals surface area (Å²) in [7, 11) is 0. The van der Waals surface area contributed by atoms with Crippen molar-refractivity contribution in [2.75, 3.05) is 19.6 Å². The topological polar surface area (TPSA) is 76.7 Å². The minimum Gasteiger partial charge on any atom is -0.425 e. The van der Waals surface area contributed by atoms with Gasteiger partial charge in [0.15, 0.2) is 0 Å². The summed E-state index contributed by atoms with van der Waals surface area (Å²) < 4.78 is 9.70. The number of nitrogens with one attached hydrogen (secondary N) is 2. The number of amides is 1. The summed E-state index contributed by atoms with van der Waals surface area (Å²) in [6.45, 7) is 7.99. The van der Waals surface area contributed by atoms with E-state index in [1.807, 2.05) is 0 Å². The van der Waals surface area contributed by atoms with Crippen molar-refractivity contribution >= 4 is 12.1 Å². The number of rotatable bonds is 11. The van der Waals surface area contributed by atoms with Crippen LogP contribution in [0.5, 0.6) is 0 Å². The molecule has 20 heavy (non-hydrogen) atoms. The van der Waals surface area contributed by atoms with Crippen molar-refractivity contribution in [3.05, 3.63) is 0 Å². The van der Waals surface area contributed by atoms with Gasteiger partial charge < -0.3 is 20.1 Å². The number of alkyl carbamates (subject to hydrolysis) is 1. The maximum atomic E-state index is 11.4. The van der Waals surface area contributed by atoms with Crippen molar-refractivity contribution in [1.82, 2.24) is 10.6 Å². The van der Waals surface area contributed by atoms with Gasteiger partial charge in [-0.05, 0) is 32.4 Å². The Hall–Kier alpha value is -1.30. The molecule has 0 aliphatic heterocycles. The Bertz CT molecular complexity index is 272. The molecule has 118 valence electrons. The highest BCUT2D eigenvalue weighted by molar-refractivity contribution is 5.70. The van der Waals surface area contributed by atoms with E-state index in [0.29, 0.717) is 6.54 Å². The Balaban J connectivity index is 3.42. The summed E-state index contributed by atoms with van der Waals surface area (Å²) in [5.74, 6) is -0.384. The molecule has 0 aliphatic rings. The normalized spacial score (nSPS) is 11.8. The highest BCUT2D eigenvalue weighted by Crippen LogP contribution is 1.98. The minimum absolute atomic E-state index is 0.265. The molecule has 6 nitrogen and oxygen atoms in total. The molecule has 0 aliphatic carbocycles. The molecule has 1 atom stereocenters. The van der Waals surface area contributed by atoms with E-state index in [4.69, 9.17) is 9.47 Å². The van der Waals surface area contributed by atoms with E-state index in [2.05, 4.69) is 17.6 Å². The zero-order valence-corrected chi connectivity index (χ0v) is 12.9. The number of esters is 1. The first-order valence-corrected chi connectivity index (χ1v) is 7.44. The summed E-state index contributed by atoms with van der Waals surface area (Å²) in [6, 6.07) is 0. The van der Waals surface area contributed by atoms with Crippen LogP contribution in [0.2, 0.25) is 0 Å². The van der Waals surface area contributed by atoms with Gasteiger partial charge in [0.1, 0.15) is 0 Å². The SMILES string of the molecule is CCCNCCCCCNC(=O)O[C@H](C)OC(=O)CC. The van der Waals surface area contributed by atoms with Gasteiger partial charge in [-0.3, -0.25) is 4.79 Å². The van der Waals surface area contributed by atoms with Crippen molar-refractivity contribution in [2.45, 2.75) is 59.2 Å². The van der Waals surface area contributed by atoms with Crippen LogP contribution in [0, 0.1) is 0 Å². The lowest BCUT2D eigenvalue weighted by molar-refractivity contribution is -0.164. The van der Waals surface area contributed by atoms with Gasteiger partial charge in [-0.1, -0.05) is 20.3 Å². The van der Waals surface area contributed by atoms with Crippen LogP contribution >= 0.6 is 0 Å². The van der Waals surface area contributed by atoms with E-state index in [1.165, 1.54) is 6.92 Å². The molecule has 0 unspecified atom stereocenters. The first kappa shape index (κ1) is 18.7. The van der Waals surface area contributed by atoms with E-state index in [9.17, 15) is 9.59 Å². The zero-order chi connectivity index (χ0) is 15.2. The van der Waals surface area contributed by atoms with Crippen molar-refractivity contribution in [3.8, 4) is 0 Å². The Kier molecular flexibility index (Phi) is 11.9. The second-order valence-electron chi connectivity index (χ2n) is 4.55. The van der Waals surface area contributed by atoms with Crippen LogP contribution in [0.1, 0.15) is 52.9 Å². The van der Waals surface area contributed by atoms with Gasteiger partial charge in [0.25, 0.3) is 0 Å². The summed E-state index contributed by atoms with van der Waals surface area (Å²) in [4.78, 5) is 22.3. The molecule has 0 aromatic carbocycles. The molecular formula is C14H28N2O4. The number of hydrogen-bond acceptors (Lipinski definition) is 5. The first-order chi connectivity index (χ1) is 9.60. The molecule has 0 fully saturated rings. The van der Waals surface area contributed by atoms with Gasteiger partial charge in [-0.25, -0.2) is 4.79 Å². The predicted octanol–water partition coefficient (Wildman–Crippen LogP) is 2.18. The van der Waals surface area contributed by atoms with Crippen LogP contribution < -0.4 is 10.6 Å². The maximum Gasteiger partial charge on any atom is 0.410 e. The lowest BCUT2D eigenvalue weighted by Gasteiger charge is -2.14. The fourth-order valence-electron chi connectivity index (χ4n) is 1.53. The lowest BCUT2D eigenvalue weighted by atomic mass is 10.2.